The van der Waals surface area contributed by atoms with Gasteiger partial charge in [-0.05, 0) is 18.2 Å². The fourth-order valence-electron chi connectivity index (χ4n) is 3.08. The van der Waals surface area contributed by atoms with E-state index in [2.05, 4.69) is 15.7 Å². The molecular formula is C19H24N4O5. The number of hydrogen-bond donors (Lipinski definition) is 2. The van der Waals surface area contributed by atoms with Crippen LogP contribution in [0.25, 0.3) is 0 Å². The Bertz CT molecular complexity index is 818. The Morgan fingerprint density at radius 1 is 1.11 bits per heavy atom. The van der Waals surface area contributed by atoms with E-state index in [1.165, 1.54) is 14.2 Å². The van der Waals surface area contributed by atoms with Crippen LogP contribution in [0, 0.1) is 0 Å². The highest BCUT2D eigenvalue weighted by molar-refractivity contribution is 5.95. The first kappa shape index (κ1) is 19.7. The number of aromatic nitrogens is 2. The molecule has 1 aliphatic heterocycles. The van der Waals surface area contributed by atoms with Gasteiger partial charge in [0.25, 0.3) is 11.8 Å². The first-order chi connectivity index (χ1) is 13.5. The first-order valence-corrected chi connectivity index (χ1v) is 8.92. The van der Waals surface area contributed by atoms with Crippen molar-refractivity contribution in [3.63, 3.8) is 0 Å². The maximum absolute atomic E-state index is 12.6. The molecule has 2 aromatic rings. The van der Waals surface area contributed by atoms with Gasteiger partial charge in [0, 0.05) is 37.4 Å². The third-order valence-corrected chi connectivity index (χ3v) is 4.49. The van der Waals surface area contributed by atoms with Crippen molar-refractivity contribution in [1.29, 1.82) is 0 Å². The van der Waals surface area contributed by atoms with E-state index in [0.29, 0.717) is 48.9 Å². The van der Waals surface area contributed by atoms with E-state index in [1.54, 1.807) is 36.1 Å². The van der Waals surface area contributed by atoms with Crippen LogP contribution >= 0.6 is 0 Å². The monoisotopic (exact) mass is 388 g/mol. The Morgan fingerprint density at radius 3 is 2.43 bits per heavy atom. The number of carbonyl (C=O) groups excluding carboxylic acids is 2. The van der Waals surface area contributed by atoms with Gasteiger partial charge in [0.2, 0.25) is 0 Å². The van der Waals surface area contributed by atoms with Crippen molar-refractivity contribution in [1.82, 2.24) is 20.4 Å². The van der Waals surface area contributed by atoms with Gasteiger partial charge in [0.15, 0.2) is 0 Å². The number of hydrogen-bond acceptors (Lipinski definition) is 6. The molecule has 1 atom stereocenters. The van der Waals surface area contributed by atoms with Crippen molar-refractivity contribution in [2.45, 2.75) is 19.0 Å². The fourth-order valence-corrected chi connectivity index (χ4v) is 3.08. The number of amides is 2. The van der Waals surface area contributed by atoms with E-state index in [4.69, 9.17) is 14.2 Å². The van der Waals surface area contributed by atoms with Gasteiger partial charge in [-0.25, -0.2) is 0 Å². The lowest BCUT2D eigenvalue weighted by atomic mass is 10.1. The van der Waals surface area contributed by atoms with Crippen LogP contribution in [0.3, 0.4) is 0 Å². The SMILES string of the molecule is COCCNC(=O)c1cc2n(n1)C[C@@H](NC(=O)c1cc(OC)cc(OC)c1)C2. The highest BCUT2D eigenvalue weighted by Crippen LogP contribution is 2.23. The van der Waals surface area contributed by atoms with Crippen LogP contribution in [0.15, 0.2) is 24.3 Å². The van der Waals surface area contributed by atoms with E-state index in [-0.39, 0.29) is 17.9 Å². The van der Waals surface area contributed by atoms with E-state index in [0.717, 1.165) is 5.69 Å². The third-order valence-electron chi connectivity index (χ3n) is 4.49. The van der Waals surface area contributed by atoms with Crippen molar-refractivity contribution in [2.24, 2.45) is 0 Å². The molecule has 0 radical (unpaired) electrons. The summed E-state index contributed by atoms with van der Waals surface area (Å²) in [6.45, 7) is 1.39. The molecule has 1 aromatic carbocycles. The van der Waals surface area contributed by atoms with E-state index in [1.807, 2.05) is 0 Å². The molecule has 0 unspecified atom stereocenters. The third kappa shape index (κ3) is 4.42. The summed E-state index contributed by atoms with van der Waals surface area (Å²) < 4.78 is 17.1. The minimum Gasteiger partial charge on any atom is -0.497 e. The van der Waals surface area contributed by atoms with Gasteiger partial charge in [0.05, 0.1) is 33.4 Å². The minimum absolute atomic E-state index is 0.0993. The Kier molecular flexibility index (Phi) is 6.15. The highest BCUT2D eigenvalue weighted by atomic mass is 16.5. The molecule has 28 heavy (non-hydrogen) atoms. The molecule has 2 amide bonds. The topological polar surface area (TPSA) is 104 Å². The number of rotatable bonds is 8. The molecule has 0 saturated carbocycles. The van der Waals surface area contributed by atoms with Gasteiger partial charge in [-0.1, -0.05) is 0 Å². The van der Waals surface area contributed by atoms with Gasteiger partial charge in [-0.15, -0.1) is 0 Å². The maximum Gasteiger partial charge on any atom is 0.271 e. The number of ether oxygens (including phenoxy) is 3. The molecule has 1 aliphatic rings. The standard InChI is InChI=1S/C19H24N4O5/c1-26-5-4-20-19(25)17-9-14-8-13(11-23(14)22-17)21-18(24)12-6-15(27-2)10-16(7-12)28-3/h6-7,9-10,13H,4-5,8,11H2,1-3H3,(H,20,25)(H,21,24)/t13-/m0/s1. The van der Waals surface area contributed by atoms with Crippen LogP contribution in [0.1, 0.15) is 26.5 Å². The largest absolute Gasteiger partial charge is 0.497 e. The zero-order chi connectivity index (χ0) is 20.1. The quantitative estimate of drug-likeness (QED) is 0.643. The first-order valence-electron chi connectivity index (χ1n) is 8.92. The van der Waals surface area contributed by atoms with Gasteiger partial charge in [-0.2, -0.15) is 5.10 Å². The van der Waals surface area contributed by atoms with Crippen molar-refractivity contribution in [3.05, 3.63) is 41.2 Å². The average Bonchev–Trinajstić information content (AvgIpc) is 3.26. The molecule has 0 fully saturated rings. The zero-order valence-corrected chi connectivity index (χ0v) is 16.2. The lowest BCUT2D eigenvalue weighted by Gasteiger charge is -2.13. The Hall–Kier alpha value is -3.07. The Labute approximate surface area is 163 Å². The predicted molar refractivity (Wildman–Crippen MR) is 101 cm³/mol. The summed E-state index contributed by atoms with van der Waals surface area (Å²) in [5.74, 6) is 0.648. The second-order valence-corrected chi connectivity index (χ2v) is 6.43. The van der Waals surface area contributed by atoms with Gasteiger partial charge < -0.3 is 24.8 Å². The van der Waals surface area contributed by atoms with Crippen molar-refractivity contribution in [3.8, 4) is 11.5 Å². The lowest BCUT2D eigenvalue weighted by molar-refractivity contribution is 0.0921. The van der Waals surface area contributed by atoms with Crippen LogP contribution in [0.5, 0.6) is 11.5 Å². The van der Waals surface area contributed by atoms with Gasteiger partial charge in [-0.3, -0.25) is 14.3 Å². The number of fused-ring (bicyclic) bond motifs is 1. The summed E-state index contributed by atoms with van der Waals surface area (Å²) in [5.41, 5.74) is 1.73. The normalized spacial score (nSPS) is 15.0. The molecular weight excluding hydrogens is 364 g/mol. The van der Waals surface area contributed by atoms with E-state index >= 15 is 0 Å². The van der Waals surface area contributed by atoms with Crippen LogP contribution in [-0.2, 0) is 17.7 Å². The predicted octanol–water partition coefficient (Wildman–Crippen LogP) is 0.631. The second kappa shape index (κ2) is 8.75. The molecule has 3 rings (SSSR count). The molecule has 2 N–H and O–H groups in total. The summed E-state index contributed by atoms with van der Waals surface area (Å²) in [7, 11) is 4.65. The number of carbonyl (C=O) groups is 2. The summed E-state index contributed by atoms with van der Waals surface area (Å²) in [4.78, 5) is 24.7. The maximum atomic E-state index is 12.6. The van der Waals surface area contributed by atoms with Crippen LogP contribution in [-0.4, -0.2) is 62.1 Å². The summed E-state index contributed by atoms with van der Waals surface area (Å²) >= 11 is 0. The van der Waals surface area contributed by atoms with Crippen molar-refractivity contribution >= 4 is 11.8 Å². The molecule has 0 aliphatic carbocycles. The lowest BCUT2D eigenvalue weighted by Crippen LogP contribution is -2.36. The van der Waals surface area contributed by atoms with Crippen LogP contribution in [0.2, 0.25) is 0 Å². The van der Waals surface area contributed by atoms with Crippen LogP contribution < -0.4 is 20.1 Å². The number of nitrogens with one attached hydrogen (secondary N) is 2. The smallest absolute Gasteiger partial charge is 0.271 e. The van der Waals surface area contributed by atoms with Crippen molar-refractivity contribution in [2.75, 3.05) is 34.5 Å². The number of benzene rings is 1. The van der Waals surface area contributed by atoms with E-state index in [9.17, 15) is 9.59 Å². The Morgan fingerprint density at radius 2 is 1.82 bits per heavy atom. The minimum atomic E-state index is -0.233. The molecule has 2 heterocycles. The molecule has 150 valence electrons. The van der Waals surface area contributed by atoms with Gasteiger partial charge in [0.1, 0.15) is 17.2 Å². The molecule has 9 heteroatoms. The average molecular weight is 388 g/mol. The van der Waals surface area contributed by atoms with Crippen molar-refractivity contribution < 1.29 is 23.8 Å². The summed E-state index contributed by atoms with van der Waals surface area (Å²) in [5, 5.41) is 10.1. The molecule has 0 saturated heterocycles. The van der Waals surface area contributed by atoms with E-state index < -0.39 is 0 Å². The molecule has 1 aromatic heterocycles. The second-order valence-electron chi connectivity index (χ2n) is 6.43. The van der Waals surface area contributed by atoms with Crippen LogP contribution in [0.4, 0.5) is 0 Å². The summed E-state index contributed by atoms with van der Waals surface area (Å²) in [6, 6.07) is 6.68. The molecule has 9 nitrogen and oxygen atoms in total. The highest BCUT2D eigenvalue weighted by Gasteiger charge is 2.26. The molecule has 0 spiro atoms. The summed E-state index contributed by atoms with van der Waals surface area (Å²) in [6.07, 6.45) is 0.602. The van der Waals surface area contributed by atoms with Gasteiger partial charge >= 0.3 is 0 Å². The molecule has 0 bridgehead atoms. The number of nitrogens with zero attached hydrogens (tertiary/aromatic N) is 2. The number of methoxy groups -OCH3 is 3. The fraction of sp³-hybridized carbons (Fsp3) is 0.421. The zero-order valence-electron chi connectivity index (χ0n) is 16.2. The Balaban J connectivity index is 1.60.